The molecule has 1 atom stereocenters. The minimum Gasteiger partial charge on any atom is -0.341 e. The first-order valence-corrected chi connectivity index (χ1v) is 10.7. The summed E-state index contributed by atoms with van der Waals surface area (Å²) in [6.45, 7) is 0.657. The van der Waals surface area contributed by atoms with Gasteiger partial charge in [-0.1, -0.05) is 6.07 Å². The summed E-state index contributed by atoms with van der Waals surface area (Å²) in [5.41, 5.74) is 0.748. The smallest absolute Gasteiger partial charge is 0.241 e. The van der Waals surface area contributed by atoms with Crippen molar-refractivity contribution in [1.29, 1.82) is 0 Å². The van der Waals surface area contributed by atoms with E-state index in [1.54, 1.807) is 4.90 Å². The highest BCUT2D eigenvalue weighted by molar-refractivity contribution is 7.89. The molecule has 29 heavy (non-hydrogen) atoms. The van der Waals surface area contributed by atoms with Crippen LogP contribution in [0.25, 0.3) is 5.65 Å². The Morgan fingerprint density at radius 1 is 1.17 bits per heavy atom. The van der Waals surface area contributed by atoms with E-state index in [-0.39, 0.29) is 23.3 Å². The molecule has 0 saturated carbocycles. The summed E-state index contributed by atoms with van der Waals surface area (Å²) in [6, 6.07) is 10.1. The Morgan fingerprint density at radius 3 is 2.76 bits per heavy atom. The second kappa shape index (κ2) is 7.88. The van der Waals surface area contributed by atoms with Crippen LogP contribution >= 0.6 is 0 Å². The SMILES string of the molecule is O=C(CNS(=O)(=O)c1ccc(F)cc1)N1CCCC(c2nnc3ccccn23)C1. The zero-order chi connectivity index (χ0) is 20.4. The number of fused-ring (bicyclic) bond motifs is 1. The van der Waals surface area contributed by atoms with Gasteiger partial charge in [0.25, 0.3) is 0 Å². The molecule has 1 amide bonds. The maximum Gasteiger partial charge on any atom is 0.241 e. The predicted octanol–water partition coefficient (Wildman–Crippen LogP) is 1.55. The second-order valence-corrected chi connectivity index (χ2v) is 8.71. The number of pyridine rings is 1. The molecule has 4 rings (SSSR count). The minimum atomic E-state index is -3.89. The predicted molar refractivity (Wildman–Crippen MR) is 103 cm³/mol. The molecule has 3 aromatic rings. The van der Waals surface area contributed by atoms with Crippen LogP contribution in [0.15, 0.2) is 53.6 Å². The van der Waals surface area contributed by atoms with Crippen molar-refractivity contribution in [1.82, 2.24) is 24.2 Å². The van der Waals surface area contributed by atoms with E-state index in [9.17, 15) is 17.6 Å². The molecular formula is C19H20FN5O3S. The van der Waals surface area contributed by atoms with Crippen LogP contribution < -0.4 is 4.72 Å². The largest absolute Gasteiger partial charge is 0.341 e. The van der Waals surface area contributed by atoms with Gasteiger partial charge in [0.2, 0.25) is 15.9 Å². The molecule has 8 nitrogen and oxygen atoms in total. The molecule has 0 aliphatic carbocycles. The number of likely N-dealkylation sites (tertiary alicyclic amines) is 1. The van der Waals surface area contributed by atoms with E-state index in [0.717, 1.165) is 48.6 Å². The van der Waals surface area contributed by atoms with Gasteiger partial charge in [-0.05, 0) is 49.2 Å². The Morgan fingerprint density at radius 2 is 1.97 bits per heavy atom. The summed E-state index contributed by atoms with van der Waals surface area (Å²) in [5.74, 6) is -0.0154. The number of hydrogen-bond donors (Lipinski definition) is 1. The molecule has 0 radical (unpaired) electrons. The minimum absolute atomic E-state index is 0.0267. The number of aromatic nitrogens is 3. The summed E-state index contributed by atoms with van der Waals surface area (Å²) < 4.78 is 41.8. The van der Waals surface area contributed by atoms with Gasteiger partial charge in [-0.3, -0.25) is 9.20 Å². The molecule has 10 heteroatoms. The van der Waals surface area contributed by atoms with Gasteiger partial charge in [-0.2, -0.15) is 0 Å². The maximum absolute atomic E-state index is 13.0. The summed E-state index contributed by atoms with van der Waals surface area (Å²) in [6.07, 6.45) is 3.56. The van der Waals surface area contributed by atoms with Crippen LogP contribution in [0.5, 0.6) is 0 Å². The lowest BCUT2D eigenvalue weighted by molar-refractivity contribution is -0.131. The highest BCUT2D eigenvalue weighted by atomic mass is 32.2. The number of piperidine rings is 1. The quantitative estimate of drug-likeness (QED) is 0.680. The molecule has 1 aliphatic heterocycles. The first-order valence-electron chi connectivity index (χ1n) is 9.27. The van der Waals surface area contributed by atoms with Gasteiger partial charge < -0.3 is 4.90 Å². The van der Waals surface area contributed by atoms with E-state index in [1.807, 2.05) is 28.8 Å². The molecule has 1 aromatic carbocycles. The zero-order valence-electron chi connectivity index (χ0n) is 15.5. The summed E-state index contributed by atoms with van der Waals surface area (Å²) in [7, 11) is -3.89. The lowest BCUT2D eigenvalue weighted by atomic mass is 9.97. The van der Waals surface area contributed by atoms with E-state index >= 15 is 0 Å². The average molecular weight is 417 g/mol. The van der Waals surface area contributed by atoms with Crippen LogP contribution in [0.1, 0.15) is 24.6 Å². The standard InChI is InChI=1S/C19H20FN5O3S/c20-15-6-8-16(9-7-15)29(27,28)21-12-18(26)24-10-3-4-14(13-24)19-23-22-17-5-1-2-11-25(17)19/h1-2,5-9,11,14,21H,3-4,10,12-13H2. The number of halogens is 1. The van der Waals surface area contributed by atoms with Gasteiger partial charge in [-0.15, -0.1) is 10.2 Å². The molecular weight excluding hydrogens is 397 g/mol. The van der Waals surface area contributed by atoms with E-state index in [0.29, 0.717) is 13.1 Å². The van der Waals surface area contributed by atoms with Crippen LogP contribution in [0.2, 0.25) is 0 Å². The van der Waals surface area contributed by atoms with Crippen LogP contribution in [0.3, 0.4) is 0 Å². The summed E-state index contributed by atoms with van der Waals surface area (Å²) >= 11 is 0. The van der Waals surface area contributed by atoms with Gasteiger partial charge in [0.15, 0.2) is 5.65 Å². The lowest BCUT2D eigenvalue weighted by Crippen LogP contribution is -2.44. The van der Waals surface area contributed by atoms with Crippen LogP contribution in [-0.2, 0) is 14.8 Å². The van der Waals surface area contributed by atoms with Crippen molar-refractivity contribution < 1.29 is 17.6 Å². The van der Waals surface area contributed by atoms with Crippen molar-refractivity contribution in [3.05, 3.63) is 60.3 Å². The highest BCUT2D eigenvalue weighted by Gasteiger charge is 2.28. The molecule has 1 N–H and O–H groups in total. The molecule has 0 bridgehead atoms. The number of nitrogens with one attached hydrogen (secondary N) is 1. The molecule has 0 spiro atoms. The average Bonchev–Trinajstić information content (AvgIpc) is 3.17. The van der Waals surface area contributed by atoms with Crippen molar-refractivity contribution in [2.75, 3.05) is 19.6 Å². The number of nitrogens with zero attached hydrogens (tertiary/aromatic N) is 4. The van der Waals surface area contributed by atoms with E-state index in [1.165, 1.54) is 0 Å². The fourth-order valence-electron chi connectivity index (χ4n) is 3.52. The monoisotopic (exact) mass is 417 g/mol. The molecule has 1 unspecified atom stereocenters. The summed E-state index contributed by atoms with van der Waals surface area (Å²) in [5, 5.41) is 8.44. The van der Waals surface area contributed by atoms with Crippen molar-refractivity contribution >= 4 is 21.6 Å². The zero-order valence-corrected chi connectivity index (χ0v) is 16.3. The third-order valence-electron chi connectivity index (χ3n) is 5.02. The van der Waals surface area contributed by atoms with Gasteiger partial charge in [0.05, 0.1) is 11.4 Å². The molecule has 2 aromatic heterocycles. The lowest BCUT2D eigenvalue weighted by Gasteiger charge is -2.32. The van der Waals surface area contributed by atoms with E-state index < -0.39 is 15.8 Å². The number of carbonyl (C=O) groups excluding carboxylic acids is 1. The van der Waals surface area contributed by atoms with Crippen molar-refractivity contribution in [3.63, 3.8) is 0 Å². The Kier molecular flexibility index (Phi) is 5.29. The van der Waals surface area contributed by atoms with Gasteiger partial charge in [0.1, 0.15) is 11.6 Å². The molecule has 1 fully saturated rings. The second-order valence-electron chi connectivity index (χ2n) is 6.94. The first kappa shape index (κ1) is 19.5. The molecule has 152 valence electrons. The third kappa shape index (κ3) is 4.13. The van der Waals surface area contributed by atoms with Crippen LogP contribution in [0, 0.1) is 5.82 Å². The van der Waals surface area contributed by atoms with Crippen LogP contribution in [0.4, 0.5) is 4.39 Å². The Bertz CT molecular complexity index is 1130. The number of carbonyl (C=O) groups is 1. The highest BCUT2D eigenvalue weighted by Crippen LogP contribution is 2.26. The normalized spacial score (nSPS) is 17.6. The third-order valence-corrected chi connectivity index (χ3v) is 6.43. The number of amides is 1. The van der Waals surface area contributed by atoms with Crippen molar-refractivity contribution in [2.45, 2.75) is 23.7 Å². The fourth-order valence-corrected chi connectivity index (χ4v) is 4.49. The fraction of sp³-hybridized carbons (Fsp3) is 0.316. The Labute approximate surface area is 167 Å². The van der Waals surface area contributed by atoms with E-state index in [4.69, 9.17) is 0 Å². The Balaban J connectivity index is 1.42. The van der Waals surface area contributed by atoms with Crippen LogP contribution in [-0.4, -0.2) is 53.5 Å². The Hall–Kier alpha value is -2.85. The molecule has 3 heterocycles. The van der Waals surface area contributed by atoms with Crippen molar-refractivity contribution in [3.8, 4) is 0 Å². The van der Waals surface area contributed by atoms with E-state index in [2.05, 4.69) is 14.9 Å². The number of benzene rings is 1. The van der Waals surface area contributed by atoms with Gasteiger partial charge >= 0.3 is 0 Å². The number of sulfonamides is 1. The maximum atomic E-state index is 13.0. The molecule has 1 saturated heterocycles. The van der Waals surface area contributed by atoms with Gasteiger partial charge in [-0.25, -0.2) is 17.5 Å². The molecule has 1 aliphatic rings. The number of rotatable bonds is 5. The van der Waals surface area contributed by atoms with Gasteiger partial charge in [0, 0.05) is 25.2 Å². The topological polar surface area (TPSA) is 96.7 Å². The van der Waals surface area contributed by atoms with Crippen molar-refractivity contribution in [2.24, 2.45) is 0 Å². The number of hydrogen-bond acceptors (Lipinski definition) is 5. The summed E-state index contributed by atoms with van der Waals surface area (Å²) in [4.78, 5) is 14.2. The first-order chi connectivity index (χ1) is 13.9.